The van der Waals surface area contributed by atoms with Crippen LogP contribution in [-0.4, -0.2) is 29.6 Å². The Bertz CT molecular complexity index is 3830. The first kappa shape index (κ1) is 80.2. The van der Waals surface area contributed by atoms with Crippen molar-refractivity contribution in [3.8, 4) is 39.7 Å². The Kier molecular flexibility index (Phi) is 34.7. The average Bonchev–Trinajstić information content (AvgIpc) is 1.60. The van der Waals surface area contributed by atoms with Crippen molar-refractivity contribution in [3.05, 3.63) is 111 Å². The van der Waals surface area contributed by atoms with Crippen molar-refractivity contribution in [1.29, 1.82) is 0 Å². The number of nitrogens with zero attached hydrogens (tertiary/aromatic N) is 1. The molecule has 13 heteroatoms. The van der Waals surface area contributed by atoms with E-state index in [2.05, 4.69) is 112 Å². The molecule has 99 heavy (non-hydrogen) atoms. The zero-order chi connectivity index (χ0) is 70.2. The predicted molar refractivity (Wildman–Crippen MR) is 429 cm³/mol. The molecule has 0 atom stereocenters. The van der Waals surface area contributed by atoms with Crippen LogP contribution in [0.25, 0.3) is 78.4 Å². The molecular weight excluding hydrogens is 1330 g/mol. The van der Waals surface area contributed by atoms with Crippen LogP contribution in [0.4, 0.5) is 13.2 Å². The van der Waals surface area contributed by atoms with Crippen molar-refractivity contribution < 1.29 is 31.5 Å². The molecule has 0 unspecified atom stereocenters. The fraction of sp³-hybridized carbons (Fsp3) is 0.593. The van der Waals surface area contributed by atoms with Gasteiger partial charge in [0.25, 0.3) is 9.84 Å². The Morgan fingerprint density at radius 3 is 1.17 bits per heavy atom. The molecule has 5 nitrogen and oxygen atoms in total. The molecule has 0 fully saturated rings. The van der Waals surface area contributed by atoms with E-state index in [1.165, 1.54) is 296 Å². The van der Waals surface area contributed by atoms with E-state index in [0.717, 1.165) is 98.6 Å². The number of fused-ring (bicyclic) bond motifs is 5. The topological polar surface area (TPSA) is 76.4 Å². The van der Waals surface area contributed by atoms with E-state index in [4.69, 9.17) is 0 Å². The van der Waals surface area contributed by atoms with Crippen LogP contribution < -0.4 is 0 Å². The van der Waals surface area contributed by atoms with Gasteiger partial charge in [0.15, 0.2) is 4.91 Å². The van der Waals surface area contributed by atoms with Crippen LogP contribution in [0.15, 0.2) is 83.8 Å². The minimum absolute atomic E-state index is 0.201. The number of alkyl halides is 3. The van der Waals surface area contributed by atoms with Crippen molar-refractivity contribution in [2.45, 2.75) is 329 Å². The molecule has 0 bridgehead atoms. The van der Waals surface area contributed by atoms with E-state index >= 15 is 0 Å². The summed E-state index contributed by atoms with van der Waals surface area (Å²) in [5, 5.41) is 15.2. The van der Waals surface area contributed by atoms with Gasteiger partial charge in [-0.05, 0) is 134 Å². The minimum atomic E-state index is -6.13. The van der Waals surface area contributed by atoms with E-state index in [1.54, 1.807) is 17.4 Å². The molecular formula is C86H120F3NO4S5. The van der Waals surface area contributed by atoms with Crippen molar-refractivity contribution >= 4 is 99.8 Å². The molecule has 0 aliphatic heterocycles. The van der Waals surface area contributed by atoms with Crippen LogP contribution in [0.3, 0.4) is 0 Å². The lowest BCUT2D eigenvalue weighted by Gasteiger charge is -2.07. The van der Waals surface area contributed by atoms with E-state index in [1.807, 2.05) is 22.7 Å². The number of thiophene rings is 4. The lowest BCUT2D eigenvalue weighted by Crippen LogP contribution is -2.28. The van der Waals surface area contributed by atoms with Gasteiger partial charge in [-0.1, -0.05) is 301 Å². The fourth-order valence-corrected chi connectivity index (χ4v) is 20.8. The smallest absolute Gasteiger partial charge is 0.477 e. The Balaban J connectivity index is 1.20. The average molecular weight is 1450 g/mol. The number of aliphatic carboxylic acids is 1. The van der Waals surface area contributed by atoms with Crippen LogP contribution in [-0.2, 0) is 46.9 Å². The first-order chi connectivity index (χ1) is 48.2. The third-order valence-electron chi connectivity index (χ3n) is 20.5. The highest BCUT2D eigenvalue weighted by molar-refractivity contribution is 7.97. The summed E-state index contributed by atoms with van der Waals surface area (Å²) in [4.78, 5) is 19.5. The normalized spacial score (nSPS) is 12.5. The quantitative estimate of drug-likeness (QED) is 0.0304. The van der Waals surface area contributed by atoms with Crippen LogP contribution >= 0.6 is 45.3 Å². The zero-order valence-electron chi connectivity index (χ0n) is 61.2. The molecule has 544 valence electrons. The molecule has 0 amide bonds. The molecule has 5 heterocycles. The number of aromatic nitrogens is 1. The van der Waals surface area contributed by atoms with Gasteiger partial charge in [0.1, 0.15) is 0 Å². The minimum Gasteiger partial charge on any atom is -0.477 e. The van der Waals surface area contributed by atoms with Crippen molar-refractivity contribution in [2.75, 3.05) is 0 Å². The lowest BCUT2D eigenvalue weighted by atomic mass is 9.99. The maximum Gasteiger partial charge on any atom is 0.502 e. The maximum absolute atomic E-state index is 14.1. The second-order valence-electron chi connectivity index (χ2n) is 28.5. The lowest BCUT2D eigenvalue weighted by molar-refractivity contribution is -0.132. The van der Waals surface area contributed by atoms with Crippen LogP contribution in [0, 0.1) is 0 Å². The fourth-order valence-electron chi connectivity index (χ4n) is 14.8. The van der Waals surface area contributed by atoms with Crippen LogP contribution in [0.2, 0.25) is 0 Å². The van der Waals surface area contributed by atoms with Gasteiger partial charge < -0.3 is 9.67 Å². The summed E-state index contributed by atoms with van der Waals surface area (Å²) in [5.74, 6) is -2.11. The molecule has 0 spiro atoms. The van der Waals surface area contributed by atoms with Crippen LogP contribution in [0.5, 0.6) is 0 Å². The summed E-state index contributed by atoms with van der Waals surface area (Å²) in [6.45, 7) is 12.2. The van der Waals surface area contributed by atoms with Gasteiger partial charge >= 0.3 is 11.5 Å². The number of carboxylic acid groups (broad SMARTS) is 1. The third kappa shape index (κ3) is 23.7. The molecule has 8 aromatic rings. The van der Waals surface area contributed by atoms with Crippen molar-refractivity contribution in [2.24, 2.45) is 0 Å². The monoisotopic (exact) mass is 1450 g/mol. The first-order valence-electron chi connectivity index (χ1n) is 39.4. The van der Waals surface area contributed by atoms with Gasteiger partial charge in [0, 0.05) is 67.2 Å². The number of hydrogen-bond donors (Lipinski definition) is 1. The SMILES string of the molecule is CCCCCCCCCCCCc1cc(-c2sc(-c3sc(-c4sc(/C=C(/C(=O)O)S(=O)(=O)C(F)(F)F)cc4CCCCCCCCCCCC)cc3CCCCCCCCCCCC)cc2CCCCCCCCCCCC)sc1-c1ccc2c(c1)c1ccc3ccccc3c1n2CC. The number of hydrogen-bond acceptors (Lipinski definition) is 7. The molecule has 1 N–H and O–H groups in total. The summed E-state index contributed by atoms with van der Waals surface area (Å²) in [7, 11) is -6.13. The van der Waals surface area contributed by atoms with Gasteiger partial charge in [0.2, 0.25) is 0 Å². The second-order valence-corrected chi connectivity index (χ2v) is 34.7. The highest BCUT2D eigenvalue weighted by Gasteiger charge is 2.50. The van der Waals surface area contributed by atoms with Gasteiger partial charge in [-0.15, -0.1) is 45.3 Å². The van der Waals surface area contributed by atoms with E-state index in [-0.39, 0.29) is 4.88 Å². The summed E-state index contributed by atoms with van der Waals surface area (Å²) in [5.41, 5.74) is 3.14. The summed E-state index contributed by atoms with van der Waals surface area (Å²) in [6, 6.07) is 29.8. The standard InChI is InChI=1S/C86H120F3NO4S5/c1-6-11-15-19-23-27-31-35-39-43-50-66-59-71(64-79(85(91)92)99(93,94)86(87,88)89)95-82(66)76-62-68(52-45-41-37-33-29-25-21-17-13-8-3)84(97-76)78-63-69(53-46-42-38-34-30-26-22-18-14-9-4)83(98-78)77-61-67(51-44-40-36-32-28-24-20-16-12-7-2)81(96-77)70-56-58-75-74(60-70)73-57-55-65-49-47-48-54-72(65)80(73)90(75)10-5/h47-49,54-64H,6-46,50-53H2,1-5H3,(H,91,92)/b79-64-. The molecule has 8 rings (SSSR count). The second kappa shape index (κ2) is 42.9. The van der Waals surface area contributed by atoms with E-state index in [9.17, 15) is 31.5 Å². The molecule has 3 aromatic carbocycles. The zero-order valence-corrected chi connectivity index (χ0v) is 65.3. The number of rotatable bonds is 52. The Hall–Kier alpha value is -4.53. The summed E-state index contributed by atoms with van der Waals surface area (Å²) in [6.07, 6.45) is 53.9. The molecule has 0 saturated carbocycles. The largest absolute Gasteiger partial charge is 0.502 e. The van der Waals surface area contributed by atoms with Gasteiger partial charge in [0.05, 0.1) is 5.52 Å². The van der Waals surface area contributed by atoms with Crippen molar-refractivity contribution in [1.82, 2.24) is 4.57 Å². The predicted octanol–water partition coefficient (Wildman–Crippen LogP) is 30.1. The molecule has 5 aromatic heterocycles. The number of aryl methyl sites for hydroxylation is 5. The first-order valence-corrected chi connectivity index (χ1v) is 44.2. The highest BCUT2D eigenvalue weighted by atomic mass is 32.2. The van der Waals surface area contributed by atoms with Crippen LogP contribution in [0.1, 0.15) is 319 Å². The van der Waals surface area contributed by atoms with E-state index in [0.29, 0.717) is 6.42 Å². The molecule has 0 aliphatic rings. The van der Waals surface area contributed by atoms with Crippen molar-refractivity contribution in [3.63, 3.8) is 0 Å². The third-order valence-corrected chi connectivity index (χ3v) is 27.3. The number of halogens is 3. The molecule has 0 saturated heterocycles. The molecule has 0 radical (unpaired) electrons. The van der Waals surface area contributed by atoms with E-state index < -0.39 is 26.2 Å². The summed E-state index contributed by atoms with van der Waals surface area (Å²) < 4.78 is 70.6. The number of benzene rings is 3. The number of carboxylic acids is 1. The van der Waals surface area contributed by atoms with Gasteiger partial charge in [-0.3, -0.25) is 0 Å². The van der Waals surface area contributed by atoms with Gasteiger partial charge in [-0.2, -0.15) is 13.2 Å². The number of sulfone groups is 1. The maximum atomic E-state index is 14.1. The Morgan fingerprint density at radius 2 is 0.778 bits per heavy atom. The number of unbranched alkanes of at least 4 members (excludes halogenated alkanes) is 36. The Morgan fingerprint density at radius 1 is 0.414 bits per heavy atom. The molecule has 0 aliphatic carbocycles. The number of carbonyl (C=O) groups is 1. The Labute approximate surface area is 611 Å². The summed E-state index contributed by atoms with van der Waals surface area (Å²) >= 11 is 6.87. The van der Waals surface area contributed by atoms with Gasteiger partial charge in [-0.25, -0.2) is 13.2 Å². The highest BCUT2D eigenvalue weighted by Crippen LogP contribution is 2.51.